The minimum atomic E-state index is -4.65. The van der Waals surface area contributed by atoms with Crippen molar-refractivity contribution in [1.29, 1.82) is 0 Å². The largest absolute Gasteiger partial charge is 0.416 e. The zero-order valence-electron chi connectivity index (χ0n) is 9.36. The molecule has 1 unspecified atom stereocenters. The fourth-order valence-electron chi connectivity index (χ4n) is 1.37. The number of hydrogen-bond donors (Lipinski definition) is 1. The molecule has 0 fully saturated rings. The highest BCUT2D eigenvalue weighted by molar-refractivity contribution is 5.28. The van der Waals surface area contributed by atoms with Gasteiger partial charge in [0, 0.05) is 0 Å². The summed E-state index contributed by atoms with van der Waals surface area (Å²) in [5.41, 5.74) is 1.57. The van der Waals surface area contributed by atoms with E-state index in [4.69, 9.17) is 5.73 Å². The monoisotopic (exact) mass is 271 g/mol. The summed E-state index contributed by atoms with van der Waals surface area (Å²) in [5, 5.41) is 0. The maximum Gasteiger partial charge on any atom is 0.416 e. The second kappa shape index (κ2) is 4.79. The third-order valence-corrected chi connectivity index (χ3v) is 2.44. The summed E-state index contributed by atoms with van der Waals surface area (Å²) in [6.07, 6.45) is -8.30. The fourth-order valence-corrected chi connectivity index (χ4v) is 1.37. The van der Waals surface area contributed by atoms with Gasteiger partial charge in [0.05, 0.1) is 11.1 Å². The number of rotatable bonds is 3. The Hall–Kier alpha value is -1.24. The Balaban J connectivity index is 3.10. The van der Waals surface area contributed by atoms with E-state index in [0.717, 1.165) is 6.92 Å². The van der Waals surface area contributed by atoms with Crippen LogP contribution in [0.4, 0.5) is 26.3 Å². The van der Waals surface area contributed by atoms with Gasteiger partial charge in [0.15, 0.2) is 0 Å². The summed E-state index contributed by atoms with van der Waals surface area (Å²) in [4.78, 5) is 0. The van der Waals surface area contributed by atoms with E-state index in [0.29, 0.717) is 18.2 Å². The number of alkyl halides is 5. The molecule has 102 valence electrons. The predicted molar refractivity (Wildman–Crippen MR) is 53.7 cm³/mol. The van der Waals surface area contributed by atoms with Crippen molar-refractivity contribution in [2.45, 2.75) is 31.5 Å². The first-order valence-electron chi connectivity index (χ1n) is 4.96. The fraction of sp³-hybridized carbons (Fsp3) is 0.455. The van der Waals surface area contributed by atoms with E-state index < -0.39 is 41.5 Å². The van der Waals surface area contributed by atoms with E-state index in [2.05, 4.69) is 0 Å². The average Bonchev–Trinajstić information content (AvgIpc) is 2.19. The van der Waals surface area contributed by atoms with Gasteiger partial charge in [-0.05, 0) is 37.1 Å². The maximum absolute atomic E-state index is 13.3. The lowest BCUT2D eigenvalue weighted by atomic mass is 9.93. The lowest BCUT2D eigenvalue weighted by Crippen LogP contribution is -2.46. The molecule has 0 radical (unpaired) electrons. The summed E-state index contributed by atoms with van der Waals surface area (Å²) in [5.74, 6) is -0.986. The first kappa shape index (κ1) is 14.8. The third kappa shape index (κ3) is 3.38. The van der Waals surface area contributed by atoms with E-state index in [-0.39, 0.29) is 0 Å². The van der Waals surface area contributed by atoms with Crippen LogP contribution in [0.3, 0.4) is 0 Å². The van der Waals surface area contributed by atoms with Crippen LogP contribution in [0.1, 0.15) is 18.1 Å². The maximum atomic E-state index is 13.3. The average molecular weight is 271 g/mol. The molecule has 0 spiro atoms. The van der Waals surface area contributed by atoms with E-state index >= 15 is 0 Å². The Morgan fingerprint density at radius 2 is 1.78 bits per heavy atom. The second-order valence-corrected chi connectivity index (χ2v) is 4.29. The molecule has 0 aliphatic carbocycles. The Bertz CT molecular complexity index is 424. The summed E-state index contributed by atoms with van der Waals surface area (Å²) < 4.78 is 75.4. The zero-order valence-corrected chi connectivity index (χ0v) is 9.36. The first-order valence-corrected chi connectivity index (χ1v) is 4.96. The molecule has 1 atom stereocenters. The second-order valence-electron chi connectivity index (χ2n) is 4.29. The molecule has 0 saturated heterocycles. The molecule has 1 aromatic carbocycles. The predicted octanol–water partition coefficient (Wildman–Crippen LogP) is 3.37. The van der Waals surface area contributed by atoms with Crippen LogP contribution in [-0.4, -0.2) is 12.0 Å². The SMILES string of the molecule is CC(N)(Cc1cc(C(F)(F)F)ccc1F)C(F)F. The molecule has 0 saturated carbocycles. The van der Waals surface area contributed by atoms with E-state index in [1.54, 1.807) is 0 Å². The van der Waals surface area contributed by atoms with Gasteiger partial charge in [-0.2, -0.15) is 13.2 Å². The highest BCUT2D eigenvalue weighted by atomic mass is 19.4. The van der Waals surface area contributed by atoms with Crippen LogP contribution in [-0.2, 0) is 12.6 Å². The molecule has 1 aromatic rings. The highest BCUT2D eigenvalue weighted by Crippen LogP contribution is 2.31. The van der Waals surface area contributed by atoms with Gasteiger partial charge in [-0.15, -0.1) is 0 Å². The smallest absolute Gasteiger partial charge is 0.320 e. The molecule has 2 N–H and O–H groups in total. The van der Waals surface area contributed by atoms with Crippen molar-refractivity contribution >= 4 is 0 Å². The van der Waals surface area contributed by atoms with Crippen molar-refractivity contribution in [3.05, 3.63) is 35.1 Å². The van der Waals surface area contributed by atoms with E-state index in [1.165, 1.54) is 0 Å². The molecule has 1 nitrogen and oxygen atoms in total. The zero-order chi connectivity index (χ0) is 14.1. The van der Waals surface area contributed by atoms with Crippen molar-refractivity contribution in [1.82, 2.24) is 0 Å². The number of hydrogen-bond acceptors (Lipinski definition) is 1. The molecular weight excluding hydrogens is 260 g/mol. The minimum absolute atomic E-state index is 0.477. The standard InChI is InChI=1S/C11H11F6N/c1-10(18,9(13)14)5-6-4-7(11(15,16)17)2-3-8(6)12/h2-4,9H,5,18H2,1H3. The van der Waals surface area contributed by atoms with Gasteiger partial charge in [0.25, 0.3) is 6.43 Å². The molecule has 0 amide bonds. The van der Waals surface area contributed by atoms with E-state index in [9.17, 15) is 26.3 Å². The number of halogens is 6. The van der Waals surface area contributed by atoms with Crippen LogP contribution in [0.15, 0.2) is 18.2 Å². The molecule has 7 heteroatoms. The number of benzene rings is 1. The van der Waals surface area contributed by atoms with Crippen molar-refractivity contribution in [2.24, 2.45) is 5.73 Å². The van der Waals surface area contributed by atoms with Crippen molar-refractivity contribution < 1.29 is 26.3 Å². The Morgan fingerprint density at radius 3 is 2.22 bits per heavy atom. The van der Waals surface area contributed by atoms with Crippen molar-refractivity contribution in [3.63, 3.8) is 0 Å². The van der Waals surface area contributed by atoms with Crippen LogP contribution in [0.25, 0.3) is 0 Å². The minimum Gasteiger partial charge on any atom is -0.320 e. The van der Waals surface area contributed by atoms with Gasteiger partial charge in [-0.1, -0.05) is 0 Å². The normalized spacial score (nSPS) is 15.8. The Kier molecular flexibility index (Phi) is 3.95. The molecule has 0 bridgehead atoms. The Labute approximate surface area is 99.6 Å². The van der Waals surface area contributed by atoms with Gasteiger partial charge >= 0.3 is 6.18 Å². The molecule has 1 rings (SSSR count). The van der Waals surface area contributed by atoms with Gasteiger partial charge in [0.1, 0.15) is 5.82 Å². The molecule has 18 heavy (non-hydrogen) atoms. The summed E-state index contributed by atoms with van der Waals surface area (Å²) in [6.45, 7) is 0.956. The van der Waals surface area contributed by atoms with Gasteiger partial charge in [0.2, 0.25) is 0 Å². The topological polar surface area (TPSA) is 26.0 Å². The first-order chi connectivity index (χ1) is 8.04. The van der Waals surface area contributed by atoms with Crippen LogP contribution < -0.4 is 5.73 Å². The van der Waals surface area contributed by atoms with Gasteiger partial charge in [-0.3, -0.25) is 0 Å². The molecule has 0 aliphatic rings. The Morgan fingerprint density at radius 1 is 1.22 bits per heavy atom. The molecular formula is C11H11F6N. The van der Waals surface area contributed by atoms with Crippen molar-refractivity contribution in [3.8, 4) is 0 Å². The van der Waals surface area contributed by atoms with Crippen LogP contribution in [0.5, 0.6) is 0 Å². The summed E-state index contributed by atoms with van der Waals surface area (Å²) in [6, 6.07) is 1.65. The highest BCUT2D eigenvalue weighted by Gasteiger charge is 2.34. The van der Waals surface area contributed by atoms with Crippen LogP contribution >= 0.6 is 0 Å². The molecule has 0 aliphatic heterocycles. The molecule has 0 heterocycles. The van der Waals surface area contributed by atoms with E-state index in [1.807, 2.05) is 0 Å². The van der Waals surface area contributed by atoms with Gasteiger partial charge in [-0.25, -0.2) is 13.2 Å². The van der Waals surface area contributed by atoms with Crippen LogP contribution in [0.2, 0.25) is 0 Å². The van der Waals surface area contributed by atoms with Gasteiger partial charge < -0.3 is 5.73 Å². The van der Waals surface area contributed by atoms with Crippen LogP contribution in [0, 0.1) is 5.82 Å². The van der Waals surface area contributed by atoms with Crippen molar-refractivity contribution in [2.75, 3.05) is 0 Å². The lowest BCUT2D eigenvalue weighted by Gasteiger charge is -2.24. The lowest BCUT2D eigenvalue weighted by molar-refractivity contribution is -0.137. The quantitative estimate of drug-likeness (QED) is 0.838. The number of nitrogens with two attached hydrogens (primary N) is 1. The summed E-state index contributed by atoms with van der Waals surface area (Å²) >= 11 is 0. The summed E-state index contributed by atoms with van der Waals surface area (Å²) in [7, 11) is 0. The molecule has 0 aromatic heterocycles. The third-order valence-electron chi connectivity index (χ3n) is 2.44.